The summed E-state index contributed by atoms with van der Waals surface area (Å²) in [7, 11) is 0. The summed E-state index contributed by atoms with van der Waals surface area (Å²) in [6, 6.07) is 18.2. The van der Waals surface area contributed by atoms with E-state index in [1.54, 1.807) is 36.4 Å². The van der Waals surface area contributed by atoms with Gasteiger partial charge in [-0.05, 0) is 55.5 Å². The van der Waals surface area contributed by atoms with Crippen LogP contribution in [0.4, 0.5) is 17.1 Å². The van der Waals surface area contributed by atoms with Crippen molar-refractivity contribution in [1.82, 2.24) is 0 Å². The molecule has 6 nitrogen and oxygen atoms in total. The second kappa shape index (κ2) is 9.27. The summed E-state index contributed by atoms with van der Waals surface area (Å²) in [5.41, 5.74) is 2.58. The maximum Gasteiger partial charge on any atom is 0.283 e. The Bertz CT molecular complexity index is 1300. The van der Waals surface area contributed by atoms with Crippen molar-refractivity contribution in [3.05, 3.63) is 98.6 Å². The van der Waals surface area contributed by atoms with Crippen LogP contribution in [0.5, 0.6) is 0 Å². The minimum Gasteiger partial charge on any atom is -0.350 e. The number of nitrogens with one attached hydrogen (secondary N) is 2. The first-order valence-electron chi connectivity index (χ1n) is 9.72. The Morgan fingerprint density at radius 1 is 0.818 bits per heavy atom. The number of carbonyl (C=O) groups is 3. The van der Waals surface area contributed by atoms with Crippen LogP contribution >= 0.6 is 34.8 Å². The first-order chi connectivity index (χ1) is 15.7. The van der Waals surface area contributed by atoms with Crippen LogP contribution < -0.4 is 15.5 Å². The Balaban J connectivity index is 1.55. The van der Waals surface area contributed by atoms with Crippen molar-refractivity contribution in [2.75, 3.05) is 15.5 Å². The molecular formula is C24H16Cl3N3O3. The van der Waals surface area contributed by atoms with E-state index < -0.39 is 11.8 Å². The highest BCUT2D eigenvalue weighted by molar-refractivity contribution is 6.53. The highest BCUT2D eigenvalue weighted by Gasteiger charge is 2.39. The van der Waals surface area contributed by atoms with E-state index >= 15 is 0 Å². The van der Waals surface area contributed by atoms with Crippen LogP contribution in [0.15, 0.2) is 77.5 Å². The number of carbonyl (C=O) groups excluding carboxylic acids is 3. The number of amides is 3. The molecule has 0 radical (unpaired) electrons. The van der Waals surface area contributed by atoms with Gasteiger partial charge in [0.15, 0.2) is 0 Å². The molecule has 0 bridgehead atoms. The minimum absolute atomic E-state index is 0.117. The average molecular weight is 501 g/mol. The lowest BCUT2D eigenvalue weighted by Gasteiger charge is -2.16. The van der Waals surface area contributed by atoms with Gasteiger partial charge in [0, 0.05) is 27.0 Å². The van der Waals surface area contributed by atoms with Crippen LogP contribution in [0.2, 0.25) is 10.0 Å². The third-order valence-electron chi connectivity index (χ3n) is 4.84. The molecule has 3 aromatic rings. The molecule has 0 fully saturated rings. The third-order valence-corrected chi connectivity index (χ3v) is 5.62. The van der Waals surface area contributed by atoms with Crippen molar-refractivity contribution in [2.24, 2.45) is 0 Å². The average Bonchev–Trinajstić information content (AvgIpc) is 2.98. The summed E-state index contributed by atoms with van der Waals surface area (Å²) in [6.45, 7) is 1.96. The molecule has 2 N–H and O–H groups in total. The lowest BCUT2D eigenvalue weighted by molar-refractivity contribution is -0.120. The summed E-state index contributed by atoms with van der Waals surface area (Å²) in [5.74, 6) is -1.71. The molecule has 9 heteroatoms. The Labute approximate surface area is 204 Å². The molecule has 1 heterocycles. The molecule has 4 rings (SSSR count). The molecule has 1 aliphatic heterocycles. The summed E-state index contributed by atoms with van der Waals surface area (Å²) < 4.78 is 0. The fourth-order valence-electron chi connectivity index (χ4n) is 3.24. The van der Waals surface area contributed by atoms with E-state index in [1.165, 1.54) is 18.2 Å². The maximum absolute atomic E-state index is 13.0. The zero-order valence-corrected chi connectivity index (χ0v) is 19.4. The molecule has 1 aliphatic rings. The minimum atomic E-state index is -0.712. The van der Waals surface area contributed by atoms with Crippen LogP contribution in [0.25, 0.3) is 0 Å². The second-order valence-electron chi connectivity index (χ2n) is 7.29. The maximum atomic E-state index is 13.0. The number of aryl methyl sites for hydroxylation is 1. The Morgan fingerprint density at radius 3 is 2.15 bits per heavy atom. The van der Waals surface area contributed by atoms with E-state index in [2.05, 4.69) is 10.6 Å². The van der Waals surface area contributed by atoms with Crippen LogP contribution in [0.3, 0.4) is 0 Å². The van der Waals surface area contributed by atoms with Crippen LogP contribution in [-0.4, -0.2) is 17.7 Å². The number of nitrogens with zero attached hydrogens (tertiary/aromatic N) is 1. The smallest absolute Gasteiger partial charge is 0.283 e. The summed E-state index contributed by atoms with van der Waals surface area (Å²) in [4.78, 5) is 39.2. The number of halogens is 3. The number of hydrogen-bond acceptors (Lipinski definition) is 4. The summed E-state index contributed by atoms with van der Waals surface area (Å²) in [5, 5.41) is 5.91. The topological polar surface area (TPSA) is 78.5 Å². The van der Waals surface area contributed by atoms with Gasteiger partial charge in [-0.1, -0.05) is 58.6 Å². The molecule has 0 saturated heterocycles. The van der Waals surface area contributed by atoms with E-state index in [0.29, 0.717) is 16.9 Å². The van der Waals surface area contributed by atoms with E-state index in [0.717, 1.165) is 10.5 Å². The molecule has 166 valence electrons. The first-order valence-corrected chi connectivity index (χ1v) is 10.9. The summed E-state index contributed by atoms with van der Waals surface area (Å²) in [6.07, 6.45) is 0. The molecule has 0 saturated carbocycles. The van der Waals surface area contributed by atoms with Gasteiger partial charge < -0.3 is 10.6 Å². The van der Waals surface area contributed by atoms with Crippen LogP contribution in [0, 0.1) is 6.92 Å². The molecule has 33 heavy (non-hydrogen) atoms. The zero-order valence-electron chi connectivity index (χ0n) is 17.2. The standard InChI is InChI=1S/C24H16Cl3N3O3/c1-13-5-7-17(8-6-13)29-22(31)14-3-2-4-18(9-14)28-21-20(27)23(32)30(24(21)33)19-11-15(25)10-16(26)12-19/h2-12,28H,1H3,(H,29,31). The summed E-state index contributed by atoms with van der Waals surface area (Å²) >= 11 is 18.2. The molecule has 0 aliphatic carbocycles. The predicted molar refractivity (Wildman–Crippen MR) is 131 cm³/mol. The quantitative estimate of drug-likeness (QED) is 0.422. The van der Waals surface area contributed by atoms with E-state index in [-0.39, 0.29) is 32.4 Å². The zero-order chi connectivity index (χ0) is 23.7. The van der Waals surface area contributed by atoms with Gasteiger partial charge in [-0.3, -0.25) is 14.4 Å². The molecule has 0 unspecified atom stereocenters. The SMILES string of the molecule is Cc1ccc(NC(=O)c2cccc(NC3=C(Cl)C(=O)N(c4cc(Cl)cc(Cl)c4)C3=O)c2)cc1. The predicted octanol–water partition coefficient (Wildman–Crippen LogP) is 5.99. The van der Waals surface area contributed by atoms with Gasteiger partial charge >= 0.3 is 0 Å². The fourth-order valence-corrected chi connectivity index (χ4v) is 3.96. The first kappa shape index (κ1) is 22.9. The van der Waals surface area contributed by atoms with Crippen LogP contribution in [-0.2, 0) is 9.59 Å². The number of rotatable bonds is 5. The normalized spacial score (nSPS) is 13.5. The van der Waals surface area contributed by atoms with Gasteiger partial charge in [-0.25, -0.2) is 4.90 Å². The van der Waals surface area contributed by atoms with Crippen molar-refractivity contribution in [3.8, 4) is 0 Å². The van der Waals surface area contributed by atoms with Gasteiger partial charge in [0.25, 0.3) is 17.7 Å². The van der Waals surface area contributed by atoms with Crippen molar-refractivity contribution in [3.63, 3.8) is 0 Å². The number of benzene rings is 3. The Hall–Kier alpha value is -3.32. The van der Waals surface area contributed by atoms with Crippen molar-refractivity contribution >= 4 is 69.6 Å². The molecular weight excluding hydrogens is 485 g/mol. The molecule has 3 amide bonds. The third kappa shape index (κ3) is 4.88. The van der Waals surface area contributed by atoms with E-state index in [1.807, 2.05) is 19.1 Å². The van der Waals surface area contributed by atoms with Gasteiger partial charge in [0.1, 0.15) is 10.7 Å². The lowest BCUT2D eigenvalue weighted by atomic mass is 10.1. The molecule has 0 atom stereocenters. The van der Waals surface area contributed by atoms with E-state index in [9.17, 15) is 14.4 Å². The van der Waals surface area contributed by atoms with E-state index in [4.69, 9.17) is 34.8 Å². The molecule has 0 spiro atoms. The second-order valence-corrected chi connectivity index (χ2v) is 8.54. The highest BCUT2D eigenvalue weighted by atomic mass is 35.5. The number of hydrogen-bond donors (Lipinski definition) is 2. The van der Waals surface area contributed by atoms with Gasteiger partial charge in [-0.2, -0.15) is 0 Å². The Morgan fingerprint density at radius 2 is 1.48 bits per heavy atom. The van der Waals surface area contributed by atoms with Crippen molar-refractivity contribution in [2.45, 2.75) is 6.92 Å². The number of imide groups is 1. The highest BCUT2D eigenvalue weighted by Crippen LogP contribution is 2.33. The molecule has 0 aromatic heterocycles. The molecule has 3 aromatic carbocycles. The number of anilines is 3. The fraction of sp³-hybridized carbons (Fsp3) is 0.0417. The van der Waals surface area contributed by atoms with Crippen LogP contribution in [0.1, 0.15) is 15.9 Å². The largest absolute Gasteiger partial charge is 0.350 e. The van der Waals surface area contributed by atoms with Crippen molar-refractivity contribution < 1.29 is 14.4 Å². The van der Waals surface area contributed by atoms with Crippen molar-refractivity contribution in [1.29, 1.82) is 0 Å². The monoisotopic (exact) mass is 499 g/mol. The lowest BCUT2D eigenvalue weighted by Crippen LogP contribution is -2.32. The van der Waals surface area contributed by atoms with Gasteiger partial charge in [-0.15, -0.1) is 0 Å². The van der Waals surface area contributed by atoms with Gasteiger partial charge in [0.2, 0.25) is 0 Å². The van der Waals surface area contributed by atoms with Gasteiger partial charge in [0.05, 0.1) is 5.69 Å². The Kier molecular flexibility index (Phi) is 6.42.